The summed E-state index contributed by atoms with van der Waals surface area (Å²) in [5.74, 6) is -0.919. The first kappa shape index (κ1) is 14.3. The van der Waals surface area contributed by atoms with Crippen molar-refractivity contribution in [2.24, 2.45) is 11.8 Å². The lowest BCUT2D eigenvalue weighted by molar-refractivity contribution is -0.123. The zero-order valence-corrected chi connectivity index (χ0v) is 11.7. The molecule has 1 rings (SSSR count). The van der Waals surface area contributed by atoms with E-state index in [9.17, 15) is 9.36 Å². The van der Waals surface area contributed by atoms with Crippen molar-refractivity contribution in [2.45, 2.75) is 38.4 Å². The van der Waals surface area contributed by atoms with Gasteiger partial charge in [-0.2, -0.15) is 5.26 Å². The minimum absolute atomic E-state index is 0.256. The summed E-state index contributed by atoms with van der Waals surface area (Å²) in [4.78, 5) is 11.7. The van der Waals surface area contributed by atoms with Crippen molar-refractivity contribution >= 4 is 13.0 Å². The Kier molecular flexibility index (Phi) is 4.77. The van der Waals surface area contributed by atoms with Crippen LogP contribution in [0.4, 0.5) is 0 Å². The predicted molar refractivity (Wildman–Crippen MR) is 68.1 cm³/mol. The van der Waals surface area contributed by atoms with Crippen LogP contribution in [0.5, 0.6) is 0 Å². The Balaban J connectivity index is 2.75. The number of nitrogens with zero attached hydrogens (tertiary/aromatic N) is 1. The molecule has 4 nitrogen and oxygen atoms in total. The molecule has 1 unspecified atom stereocenters. The molecular weight excluding hydrogens is 235 g/mol. The normalized spacial score (nSPS) is 20.6. The highest BCUT2D eigenvalue weighted by Crippen LogP contribution is 2.48. The third-order valence-corrected chi connectivity index (χ3v) is 5.28. The summed E-state index contributed by atoms with van der Waals surface area (Å²) in [5.41, 5.74) is 0. The Hall–Kier alpha value is -0.810. The maximum atomic E-state index is 12.3. The van der Waals surface area contributed by atoms with E-state index in [0.29, 0.717) is 5.92 Å². The molecule has 0 radical (unpaired) electrons. The van der Waals surface area contributed by atoms with Crippen LogP contribution < -0.4 is 5.32 Å². The van der Waals surface area contributed by atoms with Gasteiger partial charge < -0.3 is 9.88 Å². The van der Waals surface area contributed by atoms with Gasteiger partial charge in [-0.1, -0.05) is 12.8 Å². The van der Waals surface area contributed by atoms with E-state index in [4.69, 9.17) is 5.26 Å². The van der Waals surface area contributed by atoms with Gasteiger partial charge in [0.15, 0.2) is 0 Å². The van der Waals surface area contributed by atoms with E-state index in [1.54, 1.807) is 20.3 Å². The molecule has 1 saturated carbocycles. The molecule has 0 saturated heterocycles. The molecule has 2 atom stereocenters. The predicted octanol–water partition coefficient (Wildman–Crippen LogP) is 2.40. The molecule has 0 bridgehead atoms. The lowest BCUT2D eigenvalue weighted by atomic mass is 10.1. The molecule has 1 amide bonds. The molecule has 1 N–H and O–H groups in total. The van der Waals surface area contributed by atoms with Gasteiger partial charge in [0.25, 0.3) is 0 Å². The minimum atomic E-state index is -2.37. The van der Waals surface area contributed by atoms with Crippen molar-refractivity contribution in [3.05, 3.63) is 0 Å². The van der Waals surface area contributed by atoms with Crippen molar-refractivity contribution < 1.29 is 9.36 Å². The molecule has 0 spiro atoms. The average molecular weight is 256 g/mol. The van der Waals surface area contributed by atoms with Gasteiger partial charge in [0.1, 0.15) is 13.1 Å². The zero-order valence-electron chi connectivity index (χ0n) is 10.8. The molecule has 0 aromatic rings. The molecule has 0 aromatic carbocycles. The monoisotopic (exact) mass is 256 g/mol. The van der Waals surface area contributed by atoms with Crippen LogP contribution in [0.1, 0.15) is 32.6 Å². The highest BCUT2D eigenvalue weighted by molar-refractivity contribution is 7.63. The Labute approximate surface area is 103 Å². The molecule has 1 aliphatic carbocycles. The second-order valence-corrected chi connectivity index (χ2v) is 8.71. The Morgan fingerprint density at radius 1 is 1.41 bits per heavy atom. The number of amides is 1. The van der Waals surface area contributed by atoms with E-state index in [1.165, 1.54) is 0 Å². The number of nitriles is 1. The summed E-state index contributed by atoms with van der Waals surface area (Å²) in [6, 6.07) is 1.91. The SMILES string of the molecule is CC(C#N)C(=O)N[C@@H](C1CCCC1)P(C)(C)=O. The van der Waals surface area contributed by atoms with E-state index < -0.39 is 13.1 Å². The van der Waals surface area contributed by atoms with Crippen LogP contribution in [-0.4, -0.2) is 25.0 Å². The quantitative estimate of drug-likeness (QED) is 0.785. The number of nitrogens with one attached hydrogen (secondary N) is 1. The van der Waals surface area contributed by atoms with Crippen LogP contribution in [0.25, 0.3) is 0 Å². The van der Waals surface area contributed by atoms with Crippen molar-refractivity contribution in [3.8, 4) is 6.07 Å². The van der Waals surface area contributed by atoms with Crippen molar-refractivity contribution in [2.75, 3.05) is 13.3 Å². The second-order valence-electron chi connectivity index (χ2n) is 5.28. The van der Waals surface area contributed by atoms with Crippen LogP contribution in [0, 0.1) is 23.2 Å². The van der Waals surface area contributed by atoms with Crippen LogP contribution in [0.2, 0.25) is 0 Å². The third kappa shape index (κ3) is 3.85. The Morgan fingerprint density at radius 2 is 1.94 bits per heavy atom. The molecular formula is C12H21N2O2P. The lowest BCUT2D eigenvalue weighted by Crippen LogP contribution is -2.41. The summed E-state index contributed by atoms with van der Waals surface area (Å²) < 4.78 is 12.3. The van der Waals surface area contributed by atoms with E-state index in [1.807, 2.05) is 6.07 Å². The number of rotatable bonds is 4. The summed E-state index contributed by atoms with van der Waals surface area (Å²) in [6.07, 6.45) is 4.34. The van der Waals surface area contributed by atoms with Crippen molar-refractivity contribution in [1.29, 1.82) is 5.26 Å². The first-order valence-corrected chi connectivity index (χ1v) is 8.78. The number of carbonyl (C=O) groups is 1. The van der Waals surface area contributed by atoms with E-state index in [0.717, 1.165) is 25.7 Å². The molecule has 1 aliphatic rings. The number of carbonyl (C=O) groups excluding carboxylic acids is 1. The summed E-state index contributed by atoms with van der Waals surface area (Å²) >= 11 is 0. The molecule has 0 aromatic heterocycles. The van der Waals surface area contributed by atoms with Crippen LogP contribution in [0.3, 0.4) is 0 Å². The minimum Gasteiger partial charge on any atom is -0.345 e. The third-order valence-electron chi connectivity index (χ3n) is 3.39. The number of hydrogen-bond donors (Lipinski definition) is 1. The van der Waals surface area contributed by atoms with Crippen LogP contribution >= 0.6 is 7.14 Å². The lowest BCUT2D eigenvalue weighted by Gasteiger charge is -2.28. The van der Waals surface area contributed by atoms with Gasteiger partial charge in [-0.15, -0.1) is 0 Å². The number of hydrogen-bond acceptors (Lipinski definition) is 3. The summed E-state index contributed by atoms with van der Waals surface area (Å²) in [7, 11) is -2.37. The maximum absolute atomic E-state index is 12.3. The molecule has 5 heteroatoms. The van der Waals surface area contributed by atoms with Gasteiger partial charge in [0, 0.05) is 0 Å². The van der Waals surface area contributed by atoms with E-state index in [2.05, 4.69) is 5.32 Å². The van der Waals surface area contributed by atoms with Gasteiger partial charge in [0.2, 0.25) is 5.91 Å². The summed E-state index contributed by atoms with van der Waals surface area (Å²) in [6.45, 7) is 5.00. The smallest absolute Gasteiger partial charge is 0.237 e. The fourth-order valence-corrected chi connectivity index (χ4v) is 4.14. The van der Waals surface area contributed by atoms with Crippen molar-refractivity contribution in [3.63, 3.8) is 0 Å². The van der Waals surface area contributed by atoms with Gasteiger partial charge in [-0.25, -0.2) is 0 Å². The Morgan fingerprint density at radius 3 is 2.35 bits per heavy atom. The highest BCUT2D eigenvalue weighted by Gasteiger charge is 2.35. The first-order chi connectivity index (χ1) is 7.86. The second kappa shape index (κ2) is 5.69. The standard InChI is InChI=1S/C12H21N2O2P/c1-9(8-13)11(15)14-12(17(2,3)16)10-6-4-5-7-10/h9-10,12H,4-7H2,1-3H3,(H,14,15)/t9?,12-/m1/s1. The molecule has 17 heavy (non-hydrogen) atoms. The molecule has 0 aliphatic heterocycles. The summed E-state index contributed by atoms with van der Waals surface area (Å²) in [5, 5.41) is 11.5. The van der Waals surface area contributed by atoms with E-state index >= 15 is 0 Å². The highest BCUT2D eigenvalue weighted by atomic mass is 31.2. The van der Waals surface area contributed by atoms with Crippen LogP contribution in [-0.2, 0) is 9.36 Å². The van der Waals surface area contributed by atoms with Gasteiger partial charge in [-0.05, 0) is 39.0 Å². The van der Waals surface area contributed by atoms with Crippen LogP contribution in [0.15, 0.2) is 0 Å². The van der Waals surface area contributed by atoms with Gasteiger partial charge >= 0.3 is 0 Å². The molecule has 0 heterocycles. The topological polar surface area (TPSA) is 70.0 Å². The molecule has 1 fully saturated rings. The fourth-order valence-electron chi connectivity index (χ4n) is 2.38. The van der Waals surface area contributed by atoms with Gasteiger partial charge in [-0.3, -0.25) is 4.79 Å². The maximum Gasteiger partial charge on any atom is 0.237 e. The largest absolute Gasteiger partial charge is 0.345 e. The Bertz CT molecular complexity index is 363. The van der Waals surface area contributed by atoms with Crippen molar-refractivity contribution in [1.82, 2.24) is 5.32 Å². The van der Waals surface area contributed by atoms with E-state index in [-0.39, 0.29) is 11.7 Å². The first-order valence-electron chi connectivity index (χ1n) is 6.11. The zero-order chi connectivity index (χ0) is 13.1. The average Bonchev–Trinajstić information content (AvgIpc) is 2.75. The van der Waals surface area contributed by atoms with Gasteiger partial charge in [0.05, 0.1) is 11.9 Å². The fraction of sp³-hybridized carbons (Fsp3) is 0.833. The molecule has 96 valence electrons.